The molecule has 0 saturated heterocycles. The fourth-order valence-electron chi connectivity index (χ4n) is 3.95. The van der Waals surface area contributed by atoms with E-state index in [-0.39, 0.29) is 5.54 Å². The number of benzene rings is 2. The first-order valence-corrected chi connectivity index (χ1v) is 9.42. The van der Waals surface area contributed by atoms with E-state index in [0.717, 1.165) is 30.9 Å². The summed E-state index contributed by atoms with van der Waals surface area (Å²) in [5, 5.41) is 16.7. The van der Waals surface area contributed by atoms with Crippen molar-refractivity contribution in [3.63, 3.8) is 0 Å². The van der Waals surface area contributed by atoms with Crippen LogP contribution in [0.2, 0.25) is 0 Å². The van der Waals surface area contributed by atoms with E-state index in [0.29, 0.717) is 0 Å². The predicted octanol–water partition coefficient (Wildman–Crippen LogP) is 3.92. The van der Waals surface area contributed by atoms with Gasteiger partial charge in [-0.2, -0.15) is 4.68 Å². The average Bonchev–Trinajstić information content (AvgIpc) is 3.19. The van der Waals surface area contributed by atoms with Crippen LogP contribution in [0.15, 0.2) is 54.6 Å². The van der Waals surface area contributed by atoms with Crippen molar-refractivity contribution < 1.29 is 0 Å². The molecule has 1 saturated carbocycles. The van der Waals surface area contributed by atoms with E-state index >= 15 is 0 Å². The lowest BCUT2D eigenvalue weighted by atomic mass is 9.80. The molecule has 1 N–H and O–H groups in total. The van der Waals surface area contributed by atoms with Crippen LogP contribution in [0.3, 0.4) is 0 Å². The third-order valence-corrected chi connectivity index (χ3v) is 5.42. The first kappa shape index (κ1) is 16.9. The standard InChI is InChI=1S/C21H25N5/c1-17-10-6-7-13-19(17)26-20(23-24-25-26)21(14-8-3-9-15-21)22-16-18-11-4-2-5-12-18/h2,4-7,10-13,22H,3,8-9,14-16H2,1H3. The number of nitrogens with one attached hydrogen (secondary N) is 1. The van der Waals surface area contributed by atoms with Crippen molar-refractivity contribution in [2.45, 2.75) is 51.1 Å². The molecule has 0 radical (unpaired) electrons. The molecule has 1 heterocycles. The highest BCUT2D eigenvalue weighted by atomic mass is 15.6. The number of tetrazole rings is 1. The molecule has 5 heteroatoms. The van der Waals surface area contributed by atoms with E-state index < -0.39 is 0 Å². The van der Waals surface area contributed by atoms with Gasteiger partial charge in [-0.1, -0.05) is 67.8 Å². The number of aromatic nitrogens is 4. The Hall–Kier alpha value is -2.53. The minimum atomic E-state index is -0.181. The van der Waals surface area contributed by atoms with Crippen LogP contribution in [0.1, 0.15) is 49.1 Å². The van der Waals surface area contributed by atoms with Crippen LogP contribution >= 0.6 is 0 Å². The topological polar surface area (TPSA) is 55.6 Å². The molecule has 26 heavy (non-hydrogen) atoms. The zero-order chi connectivity index (χ0) is 17.8. The quantitative estimate of drug-likeness (QED) is 0.760. The molecule has 1 fully saturated rings. The van der Waals surface area contributed by atoms with Crippen molar-refractivity contribution in [3.05, 3.63) is 71.5 Å². The van der Waals surface area contributed by atoms with Gasteiger partial charge < -0.3 is 5.32 Å². The third kappa shape index (κ3) is 3.27. The summed E-state index contributed by atoms with van der Waals surface area (Å²) in [6.45, 7) is 2.92. The molecule has 1 aliphatic carbocycles. The number of rotatable bonds is 5. The van der Waals surface area contributed by atoms with Crippen LogP contribution in [0.25, 0.3) is 5.69 Å². The third-order valence-electron chi connectivity index (χ3n) is 5.42. The van der Waals surface area contributed by atoms with Crippen molar-refractivity contribution in [3.8, 4) is 5.69 Å². The first-order valence-electron chi connectivity index (χ1n) is 9.42. The minimum Gasteiger partial charge on any atom is -0.301 e. The Balaban J connectivity index is 1.70. The lowest BCUT2D eigenvalue weighted by molar-refractivity contribution is 0.214. The van der Waals surface area contributed by atoms with Crippen molar-refractivity contribution in [2.75, 3.05) is 0 Å². The van der Waals surface area contributed by atoms with Gasteiger partial charge in [0, 0.05) is 6.54 Å². The van der Waals surface area contributed by atoms with E-state index in [1.54, 1.807) is 0 Å². The summed E-state index contributed by atoms with van der Waals surface area (Å²) in [6, 6.07) is 18.8. The Morgan fingerprint density at radius 1 is 0.962 bits per heavy atom. The summed E-state index contributed by atoms with van der Waals surface area (Å²) in [4.78, 5) is 0. The van der Waals surface area contributed by atoms with Crippen molar-refractivity contribution in [2.24, 2.45) is 0 Å². The van der Waals surface area contributed by atoms with Gasteiger partial charge in [0.15, 0.2) is 5.82 Å². The van der Waals surface area contributed by atoms with Crippen LogP contribution < -0.4 is 5.32 Å². The van der Waals surface area contributed by atoms with Crippen molar-refractivity contribution in [1.29, 1.82) is 0 Å². The fourth-order valence-corrected chi connectivity index (χ4v) is 3.95. The van der Waals surface area contributed by atoms with Crippen LogP contribution in [0, 0.1) is 6.92 Å². The lowest BCUT2D eigenvalue weighted by Crippen LogP contribution is -2.45. The SMILES string of the molecule is Cc1ccccc1-n1nnnc1C1(NCc2ccccc2)CCCCC1. The molecule has 0 bridgehead atoms. The first-order chi connectivity index (χ1) is 12.8. The Kier molecular flexibility index (Phi) is 4.80. The molecule has 0 spiro atoms. The van der Waals surface area contributed by atoms with E-state index in [4.69, 9.17) is 0 Å². The molecule has 0 aliphatic heterocycles. The highest BCUT2D eigenvalue weighted by molar-refractivity contribution is 5.40. The van der Waals surface area contributed by atoms with Crippen LogP contribution in [0.5, 0.6) is 0 Å². The average molecular weight is 347 g/mol. The number of nitrogens with zero attached hydrogens (tertiary/aromatic N) is 4. The maximum Gasteiger partial charge on any atom is 0.176 e. The van der Waals surface area contributed by atoms with Crippen LogP contribution in [-0.4, -0.2) is 20.2 Å². The zero-order valence-corrected chi connectivity index (χ0v) is 15.2. The normalized spacial score (nSPS) is 16.5. The summed E-state index contributed by atoms with van der Waals surface area (Å²) in [7, 11) is 0. The van der Waals surface area contributed by atoms with Gasteiger partial charge in [0.2, 0.25) is 0 Å². The largest absolute Gasteiger partial charge is 0.301 e. The van der Waals surface area contributed by atoms with Crippen molar-refractivity contribution >= 4 is 0 Å². The van der Waals surface area contributed by atoms with Gasteiger partial charge >= 0.3 is 0 Å². The van der Waals surface area contributed by atoms with E-state index in [1.165, 1.54) is 30.4 Å². The van der Waals surface area contributed by atoms with Crippen LogP contribution in [0.4, 0.5) is 0 Å². The lowest BCUT2D eigenvalue weighted by Gasteiger charge is -2.37. The number of para-hydroxylation sites is 1. The molecule has 3 aromatic rings. The number of aryl methyl sites for hydroxylation is 1. The van der Waals surface area contributed by atoms with Gasteiger partial charge in [0.1, 0.15) is 0 Å². The van der Waals surface area contributed by atoms with Gasteiger partial charge in [-0.15, -0.1) is 5.10 Å². The predicted molar refractivity (Wildman–Crippen MR) is 102 cm³/mol. The molecule has 0 amide bonds. The molecule has 134 valence electrons. The molecular formula is C21H25N5. The second kappa shape index (κ2) is 7.38. The fraction of sp³-hybridized carbons (Fsp3) is 0.381. The molecule has 2 aromatic carbocycles. The molecule has 0 unspecified atom stereocenters. The maximum atomic E-state index is 4.48. The molecule has 1 aromatic heterocycles. The Morgan fingerprint density at radius 2 is 1.69 bits per heavy atom. The van der Waals surface area contributed by atoms with Gasteiger partial charge in [-0.25, -0.2) is 0 Å². The molecule has 4 rings (SSSR count). The van der Waals surface area contributed by atoms with Gasteiger partial charge in [0.05, 0.1) is 11.2 Å². The van der Waals surface area contributed by atoms with Crippen molar-refractivity contribution in [1.82, 2.24) is 25.5 Å². The maximum absolute atomic E-state index is 4.48. The van der Waals surface area contributed by atoms with Crippen LogP contribution in [-0.2, 0) is 12.1 Å². The summed E-state index contributed by atoms with van der Waals surface area (Å²) in [5.74, 6) is 0.933. The monoisotopic (exact) mass is 347 g/mol. The molecule has 1 aliphatic rings. The second-order valence-corrected chi connectivity index (χ2v) is 7.18. The number of hydrogen-bond acceptors (Lipinski definition) is 4. The Morgan fingerprint density at radius 3 is 2.46 bits per heavy atom. The van der Waals surface area contributed by atoms with E-state index in [1.807, 2.05) is 16.8 Å². The summed E-state index contributed by atoms with van der Waals surface area (Å²) in [6.07, 6.45) is 5.80. The minimum absolute atomic E-state index is 0.181. The smallest absolute Gasteiger partial charge is 0.176 e. The highest BCUT2D eigenvalue weighted by Gasteiger charge is 2.38. The van der Waals surface area contributed by atoms with Gasteiger partial charge in [-0.05, 0) is 47.4 Å². The second-order valence-electron chi connectivity index (χ2n) is 7.18. The van der Waals surface area contributed by atoms with Gasteiger partial charge in [0.25, 0.3) is 0 Å². The zero-order valence-electron chi connectivity index (χ0n) is 15.2. The summed E-state index contributed by atoms with van der Waals surface area (Å²) in [5.41, 5.74) is 3.33. The van der Waals surface area contributed by atoms with Gasteiger partial charge in [-0.3, -0.25) is 0 Å². The number of hydrogen-bond donors (Lipinski definition) is 1. The Labute approximate surface area is 154 Å². The summed E-state index contributed by atoms with van der Waals surface area (Å²) < 4.78 is 1.93. The molecule has 0 atom stereocenters. The summed E-state index contributed by atoms with van der Waals surface area (Å²) >= 11 is 0. The van der Waals surface area contributed by atoms with E-state index in [9.17, 15) is 0 Å². The molecular weight excluding hydrogens is 322 g/mol. The highest BCUT2D eigenvalue weighted by Crippen LogP contribution is 2.37. The van der Waals surface area contributed by atoms with E-state index in [2.05, 4.69) is 70.2 Å². The Bertz CT molecular complexity index is 850. The molecule has 5 nitrogen and oxygen atoms in total.